The number of aromatic nitrogens is 1. The van der Waals surface area contributed by atoms with Gasteiger partial charge >= 0.3 is 5.97 Å². The van der Waals surface area contributed by atoms with Crippen LogP contribution in [-0.2, 0) is 17.7 Å². The van der Waals surface area contributed by atoms with Crippen molar-refractivity contribution in [1.82, 2.24) is 4.57 Å². The third-order valence-corrected chi connectivity index (χ3v) is 5.07. The highest BCUT2D eigenvalue weighted by Crippen LogP contribution is 2.18. The number of rotatable bonds is 8. The molecule has 0 saturated heterocycles. The Bertz CT molecular complexity index is 1040. The van der Waals surface area contributed by atoms with Gasteiger partial charge in [-0.15, -0.1) is 0 Å². The Morgan fingerprint density at radius 1 is 1.00 bits per heavy atom. The van der Waals surface area contributed by atoms with E-state index in [0.717, 1.165) is 23.4 Å². The van der Waals surface area contributed by atoms with Gasteiger partial charge in [-0.05, 0) is 68.3 Å². The standard InChI is InChI=1S/C24H24FNO4/c1-16-14-22(17(2)26(16)13-12-18-4-8-20(25)9-5-18)23(27)15-30-24(28)19-6-10-21(29-3)11-7-19/h4-11,14H,12-13,15H2,1-3H3. The van der Waals surface area contributed by atoms with Crippen LogP contribution in [0.1, 0.15) is 37.7 Å². The van der Waals surface area contributed by atoms with Crippen LogP contribution in [0.4, 0.5) is 4.39 Å². The molecule has 0 saturated carbocycles. The van der Waals surface area contributed by atoms with E-state index in [0.29, 0.717) is 23.4 Å². The summed E-state index contributed by atoms with van der Waals surface area (Å²) in [4.78, 5) is 24.8. The number of nitrogens with zero attached hydrogens (tertiary/aromatic N) is 1. The molecule has 1 aromatic heterocycles. The van der Waals surface area contributed by atoms with Crippen molar-refractivity contribution in [2.45, 2.75) is 26.8 Å². The average Bonchev–Trinajstić information content (AvgIpc) is 3.05. The SMILES string of the molecule is COc1ccc(C(=O)OCC(=O)c2cc(C)n(CCc3ccc(F)cc3)c2C)cc1. The molecule has 0 fully saturated rings. The molecule has 0 radical (unpaired) electrons. The molecule has 6 heteroatoms. The van der Waals surface area contributed by atoms with Crippen LogP contribution in [0.5, 0.6) is 5.75 Å². The number of hydrogen-bond donors (Lipinski definition) is 0. The summed E-state index contributed by atoms with van der Waals surface area (Å²) < 4.78 is 25.3. The first-order valence-corrected chi connectivity index (χ1v) is 9.64. The van der Waals surface area contributed by atoms with Gasteiger partial charge in [0.05, 0.1) is 12.7 Å². The molecule has 0 N–H and O–H groups in total. The van der Waals surface area contributed by atoms with E-state index in [4.69, 9.17) is 9.47 Å². The second-order valence-corrected chi connectivity index (χ2v) is 7.04. The molecule has 3 aromatic rings. The molecular weight excluding hydrogens is 385 g/mol. The van der Waals surface area contributed by atoms with Gasteiger partial charge in [0, 0.05) is 23.5 Å². The van der Waals surface area contributed by atoms with Crippen LogP contribution in [-0.4, -0.2) is 30.0 Å². The van der Waals surface area contributed by atoms with Crippen molar-refractivity contribution in [3.63, 3.8) is 0 Å². The number of Topliss-reactive ketones (excluding diaryl/α,β-unsaturated/α-hetero) is 1. The lowest BCUT2D eigenvalue weighted by Crippen LogP contribution is -2.15. The van der Waals surface area contributed by atoms with Crippen LogP contribution >= 0.6 is 0 Å². The summed E-state index contributed by atoms with van der Waals surface area (Å²) in [6.07, 6.45) is 0.719. The number of hydrogen-bond acceptors (Lipinski definition) is 4. The second kappa shape index (κ2) is 9.39. The number of carbonyl (C=O) groups excluding carboxylic acids is 2. The number of esters is 1. The van der Waals surface area contributed by atoms with Gasteiger partial charge in [-0.25, -0.2) is 9.18 Å². The molecular formula is C24H24FNO4. The van der Waals surface area contributed by atoms with Crippen LogP contribution in [0, 0.1) is 19.7 Å². The number of methoxy groups -OCH3 is 1. The molecule has 156 valence electrons. The molecule has 0 aliphatic rings. The molecule has 0 amide bonds. The summed E-state index contributed by atoms with van der Waals surface area (Å²) in [6.45, 7) is 4.14. The molecule has 30 heavy (non-hydrogen) atoms. The van der Waals surface area contributed by atoms with Gasteiger partial charge in [-0.3, -0.25) is 4.79 Å². The summed E-state index contributed by atoms with van der Waals surface area (Å²) in [5.41, 5.74) is 3.67. The maximum Gasteiger partial charge on any atom is 0.338 e. The van der Waals surface area contributed by atoms with Crippen LogP contribution < -0.4 is 4.74 Å². The normalized spacial score (nSPS) is 10.7. The molecule has 0 atom stereocenters. The maximum absolute atomic E-state index is 13.1. The minimum Gasteiger partial charge on any atom is -0.497 e. The quantitative estimate of drug-likeness (QED) is 0.405. The third-order valence-electron chi connectivity index (χ3n) is 5.07. The fourth-order valence-electron chi connectivity index (χ4n) is 3.34. The van der Waals surface area contributed by atoms with Crippen LogP contribution in [0.2, 0.25) is 0 Å². The molecule has 0 bridgehead atoms. The summed E-state index contributed by atoms with van der Waals surface area (Å²) in [6, 6.07) is 14.7. The Labute approximate surface area is 175 Å². The lowest BCUT2D eigenvalue weighted by atomic mass is 10.1. The summed E-state index contributed by atoms with van der Waals surface area (Å²) >= 11 is 0. The Morgan fingerprint density at radius 2 is 1.67 bits per heavy atom. The van der Waals surface area contributed by atoms with Gasteiger partial charge in [0.25, 0.3) is 0 Å². The number of ketones is 1. The van der Waals surface area contributed by atoms with Gasteiger partial charge in [0.2, 0.25) is 5.78 Å². The van der Waals surface area contributed by atoms with Crippen LogP contribution in [0.3, 0.4) is 0 Å². The monoisotopic (exact) mass is 409 g/mol. The molecule has 0 aliphatic carbocycles. The Balaban J connectivity index is 1.62. The number of halogens is 1. The Morgan fingerprint density at radius 3 is 2.30 bits per heavy atom. The predicted octanol–water partition coefficient (Wildman–Crippen LogP) is 4.54. The van der Waals surface area contributed by atoms with Crippen molar-refractivity contribution < 1.29 is 23.5 Å². The summed E-state index contributed by atoms with van der Waals surface area (Å²) in [5, 5.41) is 0. The first-order valence-electron chi connectivity index (χ1n) is 9.64. The Kier molecular flexibility index (Phi) is 6.67. The maximum atomic E-state index is 13.1. The highest BCUT2D eigenvalue weighted by molar-refractivity contribution is 6.00. The number of benzene rings is 2. The smallest absolute Gasteiger partial charge is 0.338 e. The van der Waals surface area contributed by atoms with Gasteiger partial charge in [-0.1, -0.05) is 12.1 Å². The van der Waals surface area contributed by atoms with E-state index in [1.807, 2.05) is 24.5 Å². The van der Waals surface area contributed by atoms with Crippen LogP contribution in [0.15, 0.2) is 54.6 Å². The second-order valence-electron chi connectivity index (χ2n) is 7.04. The molecule has 0 unspecified atom stereocenters. The number of ether oxygens (including phenoxy) is 2. The van der Waals surface area contributed by atoms with E-state index >= 15 is 0 Å². The molecule has 0 spiro atoms. The topological polar surface area (TPSA) is 57.5 Å². The van der Waals surface area contributed by atoms with Crippen LogP contribution in [0.25, 0.3) is 0 Å². The molecule has 5 nitrogen and oxygen atoms in total. The number of carbonyl (C=O) groups is 2. The molecule has 3 rings (SSSR count). The van der Waals surface area contributed by atoms with E-state index < -0.39 is 5.97 Å². The summed E-state index contributed by atoms with van der Waals surface area (Å²) in [5.74, 6) is -0.436. The highest BCUT2D eigenvalue weighted by Gasteiger charge is 2.18. The van der Waals surface area contributed by atoms with Crippen molar-refractivity contribution in [1.29, 1.82) is 0 Å². The zero-order valence-corrected chi connectivity index (χ0v) is 17.3. The van der Waals surface area contributed by atoms with Gasteiger partial charge in [0.1, 0.15) is 11.6 Å². The van der Waals surface area contributed by atoms with Crippen molar-refractivity contribution >= 4 is 11.8 Å². The lowest BCUT2D eigenvalue weighted by Gasteiger charge is -2.10. The Hall–Kier alpha value is -3.41. The molecule has 1 heterocycles. The minimum absolute atomic E-state index is 0.252. The highest BCUT2D eigenvalue weighted by atomic mass is 19.1. The van der Waals surface area contributed by atoms with E-state index in [1.54, 1.807) is 43.5 Å². The average molecular weight is 409 g/mol. The summed E-state index contributed by atoms with van der Waals surface area (Å²) in [7, 11) is 1.54. The van der Waals surface area contributed by atoms with Crippen molar-refractivity contribution in [2.24, 2.45) is 0 Å². The van der Waals surface area contributed by atoms with E-state index in [-0.39, 0.29) is 18.2 Å². The van der Waals surface area contributed by atoms with Crippen molar-refractivity contribution in [3.05, 3.63) is 88.5 Å². The first-order chi connectivity index (χ1) is 14.4. The fraction of sp³-hybridized carbons (Fsp3) is 0.250. The number of aryl methyl sites for hydroxylation is 2. The van der Waals surface area contributed by atoms with E-state index in [9.17, 15) is 14.0 Å². The van der Waals surface area contributed by atoms with Gasteiger partial charge in [0.15, 0.2) is 6.61 Å². The van der Waals surface area contributed by atoms with Gasteiger partial charge < -0.3 is 14.0 Å². The zero-order valence-electron chi connectivity index (χ0n) is 17.3. The molecule has 0 aliphatic heterocycles. The fourth-order valence-corrected chi connectivity index (χ4v) is 3.34. The van der Waals surface area contributed by atoms with E-state index in [1.165, 1.54) is 12.1 Å². The van der Waals surface area contributed by atoms with E-state index in [2.05, 4.69) is 0 Å². The van der Waals surface area contributed by atoms with Gasteiger partial charge in [-0.2, -0.15) is 0 Å². The van der Waals surface area contributed by atoms with Crippen molar-refractivity contribution in [3.8, 4) is 5.75 Å². The third kappa shape index (κ3) is 4.95. The molecule has 2 aromatic carbocycles. The largest absolute Gasteiger partial charge is 0.497 e. The first kappa shape index (κ1) is 21.3. The predicted molar refractivity (Wildman–Crippen MR) is 112 cm³/mol. The zero-order chi connectivity index (χ0) is 21.7. The van der Waals surface area contributed by atoms with Crippen molar-refractivity contribution in [2.75, 3.05) is 13.7 Å². The minimum atomic E-state index is -0.559. The lowest BCUT2D eigenvalue weighted by molar-refractivity contribution is 0.0474.